The van der Waals surface area contributed by atoms with E-state index in [-0.39, 0.29) is 0 Å². The van der Waals surface area contributed by atoms with Crippen LogP contribution in [0.3, 0.4) is 0 Å². The van der Waals surface area contributed by atoms with E-state index in [9.17, 15) is 0 Å². The first-order valence-corrected chi connectivity index (χ1v) is 27.3. The van der Waals surface area contributed by atoms with Crippen molar-refractivity contribution >= 4 is 109 Å². The number of rotatable bonds is 15. The molecule has 78 heavy (non-hydrogen) atoms. The Hall–Kier alpha value is -9.20. The number of allylic oxidation sites excluding steroid dienone is 2. The molecule has 0 aliphatic heterocycles. The Labute approximate surface area is 454 Å². The van der Waals surface area contributed by atoms with E-state index < -0.39 is 11.4 Å². The van der Waals surface area contributed by atoms with Gasteiger partial charge in [-0.05, 0) is 175 Å². The van der Waals surface area contributed by atoms with Crippen molar-refractivity contribution in [1.82, 2.24) is 0 Å². The molecule has 14 rings (SSSR count). The number of benzene rings is 12. The van der Waals surface area contributed by atoms with Gasteiger partial charge in [0, 0.05) is 81.7 Å². The van der Waals surface area contributed by atoms with Crippen LogP contribution < -0.4 is 21.3 Å². The highest BCUT2D eigenvalue weighted by Crippen LogP contribution is 2.38. The van der Waals surface area contributed by atoms with Crippen LogP contribution in [0.1, 0.15) is 25.7 Å². The Morgan fingerprint density at radius 3 is 0.897 bits per heavy atom. The second-order valence-corrected chi connectivity index (χ2v) is 21.0. The maximum absolute atomic E-state index is 7.08. The molecule has 0 radical (unpaired) electrons. The molecule has 2 atom stereocenters. The second-order valence-electron chi connectivity index (χ2n) is 21.0. The van der Waals surface area contributed by atoms with Gasteiger partial charge >= 0.3 is 0 Å². The van der Waals surface area contributed by atoms with Gasteiger partial charge in [0.25, 0.3) is 0 Å². The normalized spacial score (nSPS) is 17.3. The van der Waals surface area contributed by atoms with Gasteiger partial charge in [0.05, 0.1) is 0 Å². The van der Waals surface area contributed by atoms with E-state index in [0.29, 0.717) is 26.1 Å². The fourth-order valence-electron chi connectivity index (χ4n) is 11.7. The summed E-state index contributed by atoms with van der Waals surface area (Å²) in [5, 5.41) is 34.7. The van der Waals surface area contributed by atoms with Crippen LogP contribution in [0.4, 0.5) is 22.7 Å². The molecule has 0 aromatic heterocycles. The third kappa shape index (κ3) is 9.36. The van der Waals surface area contributed by atoms with E-state index >= 15 is 0 Å². The summed E-state index contributed by atoms with van der Waals surface area (Å²) < 4.78 is 14.2. The molecule has 4 N–H and O–H groups in total. The molecule has 2 aliphatic carbocycles. The van der Waals surface area contributed by atoms with Gasteiger partial charge < -0.3 is 30.7 Å². The summed E-state index contributed by atoms with van der Waals surface area (Å²) in [6.45, 7) is 1.06. The van der Waals surface area contributed by atoms with Crippen molar-refractivity contribution in [2.45, 2.75) is 37.1 Å². The number of hydrogen-bond donors (Lipinski definition) is 4. The smallest absolute Gasteiger partial charge is 0.161 e. The van der Waals surface area contributed by atoms with E-state index in [1.807, 2.05) is 0 Å². The van der Waals surface area contributed by atoms with Crippen LogP contribution in [0.5, 0.6) is 0 Å². The van der Waals surface area contributed by atoms with Crippen LogP contribution in [-0.4, -0.2) is 24.7 Å². The quantitative estimate of drug-likeness (QED) is 0.0466. The van der Waals surface area contributed by atoms with Crippen LogP contribution in [0, 0.1) is 0 Å². The number of fused-ring (bicyclic) bond motifs is 8. The van der Waals surface area contributed by atoms with Crippen LogP contribution in [0.2, 0.25) is 0 Å². The van der Waals surface area contributed by atoms with Crippen molar-refractivity contribution in [2.24, 2.45) is 0 Å². The molecular formula is C72H58N4O2. The highest BCUT2D eigenvalue weighted by atomic mass is 16.5. The lowest BCUT2D eigenvalue weighted by Crippen LogP contribution is -2.41. The molecule has 0 fully saturated rings. The van der Waals surface area contributed by atoms with Crippen LogP contribution in [0.15, 0.2) is 266 Å². The number of unbranched alkanes of at least 4 members (excludes halogenated alkanes) is 1. The fourth-order valence-corrected chi connectivity index (χ4v) is 11.7. The van der Waals surface area contributed by atoms with Gasteiger partial charge in [0.1, 0.15) is 0 Å². The first-order valence-electron chi connectivity index (χ1n) is 27.3. The predicted molar refractivity (Wildman–Crippen MR) is 331 cm³/mol. The molecule has 12 aromatic carbocycles. The van der Waals surface area contributed by atoms with E-state index in [1.165, 1.54) is 75.4 Å². The van der Waals surface area contributed by atoms with Crippen molar-refractivity contribution in [2.75, 3.05) is 34.5 Å². The zero-order chi connectivity index (χ0) is 51.9. The summed E-state index contributed by atoms with van der Waals surface area (Å²) in [5.74, 6) is 0. The van der Waals surface area contributed by atoms with Gasteiger partial charge in [0.2, 0.25) is 0 Å². The average Bonchev–Trinajstić information content (AvgIpc) is 3.49. The average molecular weight is 1010 g/mol. The van der Waals surface area contributed by atoms with Gasteiger partial charge in [-0.3, -0.25) is 0 Å². The minimum Gasteiger partial charge on any atom is -0.355 e. The number of hydrogen-bond acceptors (Lipinski definition) is 6. The number of anilines is 4. The van der Waals surface area contributed by atoms with E-state index in [2.05, 4.69) is 276 Å². The predicted octanol–water partition coefficient (Wildman–Crippen LogP) is 18.6. The molecule has 12 aromatic rings. The van der Waals surface area contributed by atoms with Crippen LogP contribution in [0.25, 0.3) is 86.2 Å². The molecule has 6 nitrogen and oxygen atoms in total. The van der Waals surface area contributed by atoms with Crippen LogP contribution >= 0.6 is 0 Å². The molecule has 0 amide bonds. The van der Waals surface area contributed by atoms with Crippen molar-refractivity contribution in [3.05, 3.63) is 266 Å². The SMILES string of the molecule is C1=CC(Nc2cccc3cc4ccccc4cc23)(OCCCCOC2(Nc3cccc4cc5ccccc5cc34)C=CC(Nc3cccc4cc5ccccc5cc34)=CC2)CC=C1Nc1cccc2cc3ccccc3cc12. The van der Waals surface area contributed by atoms with E-state index in [0.717, 1.165) is 57.8 Å². The molecule has 0 saturated carbocycles. The van der Waals surface area contributed by atoms with Gasteiger partial charge in [-0.15, -0.1) is 0 Å². The monoisotopic (exact) mass is 1010 g/mol. The Kier molecular flexibility index (Phi) is 12.2. The fraction of sp³-hybridized carbons (Fsp3) is 0.111. The molecule has 0 bridgehead atoms. The first-order chi connectivity index (χ1) is 38.5. The third-order valence-electron chi connectivity index (χ3n) is 15.8. The third-order valence-corrected chi connectivity index (χ3v) is 15.8. The van der Waals surface area contributed by atoms with E-state index in [4.69, 9.17) is 9.47 Å². The van der Waals surface area contributed by atoms with Crippen molar-refractivity contribution in [1.29, 1.82) is 0 Å². The Morgan fingerprint density at radius 1 is 0.308 bits per heavy atom. The zero-order valence-electron chi connectivity index (χ0n) is 43.3. The van der Waals surface area contributed by atoms with Crippen molar-refractivity contribution < 1.29 is 9.47 Å². The molecule has 0 spiro atoms. The molecular weight excluding hydrogens is 953 g/mol. The molecule has 0 saturated heterocycles. The Balaban J connectivity index is 0.713. The Bertz CT molecular complexity index is 4160. The minimum atomic E-state index is -0.792. The highest BCUT2D eigenvalue weighted by molar-refractivity contribution is 6.07. The summed E-state index contributed by atoms with van der Waals surface area (Å²) in [6.07, 6.45) is 16.1. The van der Waals surface area contributed by atoms with Gasteiger partial charge in [-0.25, -0.2) is 0 Å². The Morgan fingerprint density at radius 2 is 0.590 bits per heavy atom. The number of ether oxygens (including phenoxy) is 2. The van der Waals surface area contributed by atoms with Gasteiger partial charge in [-0.2, -0.15) is 0 Å². The lowest BCUT2D eigenvalue weighted by molar-refractivity contribution is -0.00739. The molecule has 6 heteroatoms. The summed E-state index contributed by atoms with van der Waals surface area (Å²) >= 11 is 0. The summed E-state index contributed by atoms with van der Waals surface area (Å²) in [6, 6.07) is 78.5. The van der Waals surface area contributed by atoms with Crippen LogP contribution in [-0.2, 0) is 9.47 Å². The van der Waals surface area contributed by atoms with Gasteiger partial charge in [-0.1, -0.05) is 158 Å². The first kappa shape index (κ1) is 47.3. The standard InChI is InChI=1S/C72H58N4O2/c1-5-19-53-45-63-57(41-49(53)15-1)23-11-27-67(63)73-61-31-35-71(36-32-61,75-69-29-13-25-59-43-51-17-3-7-21-55(51)47-65(59)69)77-39-9-10-40-78-72(76-70-30-14-26-60-44-52-18-4-8-22-56(52)48-66(60)70)37-33-62(34-38-72)74-68-28-12-24-58-42-50-16-2-6-20-54(50)46-64(58)68/h1-8,11-35,37,41-48,73-76H,9-10,36,38-40H2. The topological polar surface area (TPSA) is 66.6 Å². The van der Waals surface area contributed by atoms with E-state index in [1.54, 1.807) is 0 Å². The summed E-state index contributed by atoms with van der Waals surface area (Å²) in [5.41, 5.74) is 4.70. The lowest BCUT2D eigenvalue weighted by atomic mass is 9.98. The second kappa shape index (κ2) is 20.1. The maximum Gasteiger partial charge on any atom is 0.161 e. The largest absolute Gasteiger partial charge is 0.355 e. The molecule has 2 unspecified atom stereocenters. The van der Waals surface area contributed by atoms with Crippen molar-refractivity contribution in [3.63, 3.8) is 0 Å². The molecule has 2 aliphatic rings. The molecule has 0 heterocycles. The summed E-state index contributed by atoms with van der Waals surface area (Å²) in [4.78, 5) is 0. The minimum absolute atomic E-state index is 0.530. The van der Waals surface area contributed by atoms with Gasteiger partial charge in [0.15, 0.2) is 11.4 Å². The molecule has 378 valence electrons. The maximum atomic E-state index is 7.08. The highest BCUT2D eigenvalue weighted by Gasteiger charge is 2.32. The zero-order valence-corrected chi connectivity index (χ0v) is 43.3. The number of nitrogens with one attached hydrogen (secondary N) is 4. The lowest BCUT2D eigenvalue weighted by Gasteiger charge is -2.36. The van der Waals surface area contributed by atoms with Crippen molar-refractivity contribution in [3.8, 4) is 0 Å². The summed E-state index contributed by atoms with van der Waals surface area (Å²) in [7, 11) is 0.